The van der Waals surface area contributed by atoms with E-state index in [9.17, 15) is 4.79 Å². The SMILES string of the molecule is CC(C)(CNC(=O)CN)Cc1cccc(Cl)c1.Cl. The van der Waals surface area contributed by atoms with Crippen LogP contribution in [0, 0.1) is 5.41 Å². The summed E-state index contributed by atoms with van der Waals surface area (Å²) in [6.07, 6.45) is 0.860. The molecule has 0 aliphatic rings. The molecule has 18 heavy (non-hydrogen) atoms. The van der Waals surface area contributed by atoms with Gasteiger partial charge in [0, 0.05) is 11.6 Å². The lowest BCUT2D eigenvalue weighted by Gasteiger charge is -2.25. The van der Waals surface area contributed by atoms with Crippen molar-refractivity contribution in [2.75, 3.05) is 13.1 Å². The first kappa shape index (κ1) is 17.2. The van der Waals surface area contributed by atoms with E-state index in [1.807, 2.05) is 24.3 Å². The van der Waals surface area contributed by atoms with Crippen molar-refractivity contribution in [3.05, 3.63) is 34.9 Å². The lowest BCUT2D eigenvalue weighted by atomic mass is 9.85. The van der Waals surface area contributed by atoms with Crippen molar-refractivity contribution in [1.82, 2.24) is 5.32 Å². The molecular formula is C13H20Cl2N2O. The summed E-state index contributed by atoms with van der Waals surface area (Å²) in [6.45, 7) is 4.85. The van der Waals surface area contributed by atoms with Gasteiger partial charge in [0.05, 0.1) is 6.54 Å². The molecule has 0 saturated heterocycles. The van der Waals surface area contributed by atoms with Crippen LogP contribution in [-0.2, 0) is 11.2 Å². The van der Waals surface area contributed by atoms with E-state index in [-0.39, 0.29) is 30.3 Å². The zero-order valence-corrected chi connectivity index (χ0v) is 12.3. The average molecular weight is 291 g/mol. The molecule has 0 heterocycles. The number of nitrogens with one attached hydrogen (secondary N) is 1. The number of hydrogen-bond donors (Lipinski definition) is 2. The Morgan fingerprint density at radius 3 is 2.67 bits per heavy atom. The molecule has 0 aliphatic carbocycles. The van der Waals surface area contributed by atoms with Crippen LogP contribution in [0.1, 0.15) is 19.4 Å². The number of amides is 1. The van der Waals surface area contributed by atoms with E-state index in [4.69, 9.17) is 17.3 Å². The Bertz CT molecular complexity index is 394. The third-order valence-corrected chi connectivity index (χ3v) is 2.76. The molecule has 3 N–H and O–H groups in total. The molecule has 0 aromatic heterocycles. The van der Waals surface area contributed by atoms with Gasteiger partial charge >= 0.3 is 0 Å². The summed E-state index contributed by atoms with van der Waals surface area (Å²) in [5, 5.41) is 3.55. The van der Waals surface area contributed by atoms with Gasteiger partial charge in [0.1, 0.15) is 0 Å². The second kappa shape index (κ2) is 7.62. The van der Waals surface area contributed by atoms with Crippen LogP contribution in [0.25, 0.3) is 0 Å². The Hall–Kier alpha value is -0.770. The fourth-order valence-corrected chi connectivity index (χ4v) is 1.88. The summed E-state index contributed by atoms with van der Waals surface area (Å²) in [4.78, 5) is 11.1. The summed E-state index contributed by atoms with van der Waals surface area (Å²) < 4.78 is 0. The fraction of sp³-hybridized carbons (Fsp3) is 0.462. The molecule has 0 bridgehead atoms. The predicted molar refractivity (Wildman–Crippen MR) is 78.2 cm³/mol. The fourth-order valence-electron chi connectivity index (χ4n) is 1.67. The molecule has 1 rings (SSSR count). The molecule has 0 unspecified atom stereocenters. The van der Waals surface area contributed by atoms with Crippen molar-refractivity contribution in [2.24, 2.45) is 11.1 Å². The largest absolute Gasteiger partial charge is 0.354 e. The summed E-state index contributed by atoms with van der Waals surface area (Å²) in [7, 11) is 0. The summed E-state index contributed by atoms with van der Waals surface area (Å²) in [5.74, 6) is -0.121. The summed E-state index contributed by atoms with van der Waals surface area (Å²) in [5.41, 5.74) is 6.40. The van der Waals surface area contributed by atoms with Crippen LogP contribution in [-0.4, -0.2) is 19.0 Å². The summed E-state index contributed by atoms with van der Waals surface area (Å²) in [6, 6.07) is 7.78. The monoisotopic (exact) mass is 290 g/mol. The van der Waals surface area contributed by atoms with Crippen LogP contribution in [0.2, 0.25) is 5.02 Å². The van der Waals surface area contributed by atoms with Crippen molar-refractivity contribution in [3.63, 3.8) is 0 Å². The number of benzene rings is 1. The van der Waals surface area contributed by atoms with Crippen LogP contribution in [0.15, 0.2) is 24.3 Å². The van der Waals surface area contributed by atoms with Crippen LogP contribution >= 0.6 is 24.0 Å². The highest BCUT2D eigenvalue weighted by molar-refractivity contribution is 6.30. The van der Waals surface area contributed by atoms with Crippen molar-refractivity contribution in [1.29, 1.82) is 0 Å². The Kier molecular flexibility index (Phi) is 7.29. The van der Waals surface area contributed by atoms with Crippen molar-refractivity contribution in [3.8, 4) is 0 Å². The number of carbonyl (C=O) groups excluding carboxylic acids is 1. The minimum Gasteiger partial charge on any atom is -0.354 e. The second-order valence-electron chi connectivity index (χ2n) is 4.95. The molecule has 0 aliphatic heterocycles. The van der Waals surface area contributed by atoms with E-state index in [2.05, 4.69) is 19.2 Å². The lowest BCUT2D eigenvalue weighted by molar-refractivity contribution is -0.120. The molecule has 1 aromatic carbocycles. The molecule has 0 fully saturated rings. The maximum atomic E-state index is 11.1. The Morgan fingerprint density at radius 1 is 1.44 bits per heavy atom. The molecule has 0 radical (unpaired) electrons. The summed E-state index contributed by atoms with van der Waals surface area (Å²) >= 11 is 5.94. The third-order valence-electron chi connectivity index (χ3n) is 2.52. The van der Waals surface area contributed by atoms with E-state index in [0.717, 1.165) is 11.4 Å². The van der Waals surface area contributed by atoms with Crippen LogP contribution in [0.3, 0.4) is 0 Å². The maximum Gasteiger partial charge on any atom is 0.233 e. The Morgan fingerprint density at radius 2 is 2.11 bits per heavy atom. The molecule has 1 aromatic rings. The minimum absolute atomic E-state index is 0. The highest BCUT2D eigenvalue weighted by atomic mass is 35.5. The van der Waals surface area contributed by atoms with E-state index in [1.54, 1.807) is 0 Å². The van der Waals surface area contributed by atoms with Crippen molar-refractivity contribution < 1.29 is 4.79 Å². The van der Waals surface area contributed by atoms with Gasteiger partial charge < -0.3 is 11.1 Å². The van der Waals surface area contributed by atoms with E-state index >= 15 is 0 Å². The minimum atomic E-state index is -0.121. The van der Waals surface area contributed by atoms with Gasteiger partial charge in [-0.2, -0.15) is 0 Å². The van der Waals surface area contributed by atoms with Crippen molar-refractivity contribution in [2.45, 2.75) is 20.3 Å². The second-order valence-corrected chi connectivity index (χ2v) is 5.39. The van der Waals surface area contributed by atoms with E-state index < -0.39 is 0 Å². The highest BCUT2D eigenvalue weighted by Gasteiger charge is 2.19. The van der Waals surface area contributed by atoms with Crippen LogP contribution in [0.5, 0.6) is 0 Å². The number of halogens is 2. The predicted octanol–water partition coefficient (Wildman–Crippen LogP) is 2.41. The smallest absolute Gasteiger partial charge is 0.233 e. The van der Waals surface area contributed by atoms with Gasteiger partial charge in [0.15, 0.2) is 0 Å². The average Bonchev–Trinajstić information content (AvgIpc) is 2.25. The molecule has 0 spiro atoms. The number of nitrogens with two attached hydrogens (primary N) is 1. The lowest BCUT2D eigenvalue weighted by Crippen LogP contribution is -2.38. The Balaban J connectivity index is 0.00000289. The maximum absolute atomic E-state index is 11.1. The standard InChI is InChI=1S/C13H19ClN2O.ClH/c1-13(2,9-16-12(17)8-15)7-10-4-3-5-11(14)6-10;/h3-6H,7-9,15H2,1-2H3,(H,16,17);1H. The number of carbonyl (C=O) groups is 1. The number of hydrogen-bond acceptors (Lipinski definition) is 2. The Labute approximate surface area is 119 Å². The first-order valence-corrected chi connectivity index (χ1v) is 6.02. The quantitative estimate of drug-likeness (QED) is 0.875. The third kappa shape index (κ3) is 6.24. The first-order valence-electron chi connectivity index (χ1n) is 5.64. The topological polar surface area (TPSA) is 55.1 Å². The molecule has 0 atom stereocenters. The highest BCUT2D eigenvalue weighted by Crippen LogP contribution is 2.22. The van der Waals surface area contributed by atoms with Crippen LogP contribution < -0.4 is 11.1 Å². The zero-order valence-electron chi connectivity index (χ0n) is 10.7. The van der Waals surface area contributed by atoms with Gasteiger partial charge in [0.25, 0.3) is 0 Å². The van der Waals surface area contributed by atoms with Gasteiger partial charge in [-0.25, -0.2) is 0 Å². The van der Waals surface area contributed by atoms with E-state index in [1.165, 1.54) is 5.56 Å². The van der Waals surface area contributed by atoms with Gasteiger partial charge in [-0.1, -0.05) is 37.6 Å². The molecular weight excluding hydrogens is 271 g/mol. The van der Waals surface area contributed by atoms with Gasteiger partial charge in [-0.15, -0.1) is 12.4 Å². The van der Waals surface area contributed by atoms with Gasteiger partial charge in [0.2, 0.25) is 5.91 Å². The molecule has 0 saturated carbocycles. The normalized spacial score (nSPS) is 10.7. The van der Waals surface area contributed by atoms with Crippen molar-refractivity contribution >= 4 is 29.9 Å². The molecule has 102 valence electrons. The first-order chi connectivity index (χ1) is 7.93. The van der Waals surface area contributed by atoms with Crippen LogP contribution in [0.4, 0.5) is 0 Å². The zero-order chi connectivity index (χ0) is 12.9. The number of rotatable bonds is 5. The molecule has 1 amide bonds. The van der Waals surface area contributed by atoms with Gasteiger partial charge in [-0.05, 0) is 29.5 Å². The molecule has 5 heteroatoms. The van der Waals surface area contributed by atoms with Gasteiger partial charge in [-0.3, -0.25) is 4.79 Å². The molecule has 3 nitrogen and oxygen atoms in total. The van der Waals surface area contributed by atoms with E-state index in [0.29, 0.717) is 6.54 Å².